The lowest BCUT2D eigenvalue weighted by molar-refractivity contribution is 0.180. The number of ether oxygens (including phenoxy) is 1. The lowest BCUT2D eigenvalue weighted by Crippen LogP contribution is -2.48. The molecule has 2 saturated heterocycles. The third-order valence-electron chi connectivity index (χ3n) is 3.80. The molecule has 2 rings (SSSR count). The molecule has 2 nitrogen and oxygen atoms in total. The van der Waals surface area contributed by atoms with Gasteiger partial charge in [0.15, 0.2) is 0 Å². The Morgan fingerprint density at radius 3 is 3.00 bits per heavy atom. The Labute approximate surface area is 97.5 Å². The van der Waals surface area contributed by atoms with Crippen LogP contribution in [-0.2, 0) is 4.74 Å². The minimum Gasteiger partial charge on any atom is -0.381 e. The van der Waals surface area contributed by atoms with E-state index < -0.39 is 0 Å². The third kappa shape index (κ3) is 3.11. The molecule has 2 aliphatic heterocycles. The first kappa shape index (κ1) is 11.7. The van der Waals surface area contributed by atoms with Crippen LogP contribution in [0.4, 0.5) is 0 Å². The second-order valence-corrected chi connectivity index (χ2v) is 6.65. The molecule has 2 heterocycles. The van der Waals surface area contributed by atoms with Crippen LogP contribution in [0.3, 0.4) is 0 Å². The molecule has 0 radical (unpaired) electrons. The minimum absolute atomic E-state index is 0.477. The molecule has 0 spiro atoms. The average Bonchev–Trinajstić information content (AvgIpc) is 2.68. The first-order valence-corrected chi connectivity index (χ1v) is 7.23. The standard InChI is InChI=1S/C12H23NOS/c1-12(2)4-6-15-9-11(12)13-7-10-3-5-14-8-10/h10-11,13H,3-9H2,1-2H3. The summed E-state index contributed by atoms with van der Waals surface area (Å²) in [5.74, 6) is 3.37. The summed E-state index contributed by atoms with van der Waals surface area (Å²) in [5, 5.41) is 3.75. The van der Waals surface area contributed by atoms with E-state index in [1.807, 2.05) is 0 Å². The molecule has 2 aliphatic rings. The molecule has 2 atom stereocenters. The minimum atomic E-state index is 0.477. The monoisotopic (exact) mass is 229 g/mol. The van der Waals surface area contributed by atoms with Crippen LogP contribution in [0.2, 0.25) is 0 Å². The molecule has 2 fully saturated rings. The summed E-state index contributed by atoms with van der Waals surface area (Å²) in [4.78, 5) is 0. The van der Waals surface area contributed by atoms with E-state index >= 15 is 0 Å². The van der Waals surface area contributed by atoms with E-state index in [4.69, 9.17) is 4.74 Å². The molecule has 3 heteroatoms. The van der Waals surface area contributed by atoms with Crippen LogP contribution in [0.15, 0.2) is 0 Å². The van der Waals surface area contributed by atoms with Crippen molar-refractivity contribution in [1.29, 1.82) is 0 Å². The average molecular weight is 229 g/mol. The van der Waals surface area contributed by atoms with Crippen LogP contribution >= 0.6 is 11.8 Å². The normalized spacial score (nSPS) is 35.6. The van der Waals surface area contributed by atoms with Gasteiger partial charge in [-0.1, -0.05) is 13.8 Å². The van der Waals surface area contributed by atoms with Crippen molar-refractivity contribution in [2.45, 2.75) is 32.7 Å². The van der Waals surface area contributed by atoms with Crippen molar-refractivity contribution in [3.8, 4) is 0 Å². The summed E-state index contributed by atoms with van der Waals surface area (Å²) in [5.41, 5.74) is 0.477. The molecule has 88 valence electrons. The van der Waals surface area contributed by atoms with Crippen molar-refractivity contribution in [3.63, 3.8) is 0 Å². The quantitative estimate of drug-likeness (QED) is 0.801. The van der Waals surface area contributed by atoms with E-state index in [2.05, 4.69) is 30.9 Å². The van der Waals surface area contributed by atoms with E-state index in [-0.39, 0.29) is 0 Å². The molecule has 0 aliphatic carbocycles. The van der Waals surface area contributed by atoms with Crippen molar-refractivity contribution < 1.29 is 4.74 Å². The number of nitrogens with one attached hydrogen (secondary N) is 1. The summed E-state index contributed by atoms with van der Waals surface area (Å²) in [7, 11) is 0. The molecular weight excluding hydrogens is 206 g/mol. The molecule has 2 unspecified atom stereocenters. The highest BCUT2D eigenvalue weighted by atomic mass is 32.2. The van der Waals surface area contributed by atoms with Gasteiger partial charge in [0.1, 0.15) is 0 Å². The Balaban J connectivity index is 1.76. The molecular formula is C12H23NOS. The summed E-state index contributed by atoms with van der Waals surface area (Å²) < 4.78 is 5.40. The molecule has 0 bridgehead atoms. The summed E-state index contributed by atoms with van der Waals surface area (Å²) in [6.07, 6.45) is 2.59. The molecule has 0 saturated carbocycles. The van der Waals surface area contributed by atoms with E-state index in [9.17, 15) is 0 Å². The first-order chi connectivity index (χ1) is 7.18. The molecule has 0 amide bonds. The van der Waals surface area contributed by atoms with Crippen molar-refractivity contribution in [2.75, 3.05) is 31.3 Å². The van der Waals surface area contributed by atoms with Gasteiger partial charge in [-0.2, -0.15) is 11.8 Å². The second-order valence-electron chi connectivity index (χ2n) is 5.50. The lowest BCUT2D eigenvalue weighted by Gasteiger charge is -2.39. The maximum Gasteiger partial charge on any atom is 0.0507 e. The molecule has 1 N–H and O–H groups in total. The number of hydrogen-bond donors (Lipinski definition) is 1. The van der Waals surface area contributed by atoms with Gasteiger partial charge in [0, 0.05) is 24.9 Å². The number of thioether (sulfide) groups is 1. The van der Waals surface area contributed by atoms with Gasteiger partial charge in [-0.15, -0.1) is 0 Å². The van der Waals surface area contributed by atoms with Crippen LogP contribution in [0.1, 0.15) is 26.7 Å². The van der Waals surface area contributed by atoms with Crippen LogP contribution < -0.4 is 5.32 Å². The number of rotatable bonds is 3. The Morgan fingerprint density at radius 2 is 2.33 bits per heavy atom. The predicted octanol–water partition coefficient (Wildman–Crippen LogP) is 2.14. The van der Waals surface area contributed by atoms with Gasteiger partial charge in [0.25, 0.3) is 0 Å². The topological polar surface area (TPSA) is 21.3 Å². The van der Waals surface area contributed by atoms with Crippen molar-refractivity contribution >= 4 is 11.8 Å². The Morgan fingerprint density at radius 1 is 1.47 bits per heavy atom. The van der Waals surface area contributed by atoms with Crippen molar-refractivity contribution in [3.05, 3.63) is 0 Å². The summed E-state index contributed by atoms with van der Waals surface area (Å²) >= 11 is 2.09. The van der Waals surface area contributed by atoms with Crippen LogP contribution in [0.5, 0.6) is 0 Å². The Hall–Kier alpha value is 0.270. The summed E-state index contributed by atoms with van der Waals surface area (Å²) in [6, 6.07) is 0.692. The first-order valence-electron chi connectivity index (χ1n) is 6.07. The van der Waals surface area contributed by atoms with E-state index in [0.29, 0.717) is 11.5 Å². The van der Waals surface area contributed by atoms with E-state index in [1.54, 1.807) is 0 Å². The zero-order chi connectivity index (χ0) is 10.7. The van der Waals surface area contributed by atoms with E-state index in [1.165, 1.54) is 24.3 Å². The van der Waals surface area contributed by atoms with Crippen molar-refractivity contribution in [1.82, 2.24) is 5.32 Å². The zero-order valence-corrected chi connectivity index (χ0v) is 10.7. The smallest absolute Gasteiger partial charge is 0.0507 e. The SMILES string of the molecule is CC1(C)CCSCC1NCC1CCOC1. The second kappa shape index (κ2) is 5.07. The molecule has 15 heavy (non-hydrogen) atoms. The number of hydrogen-bond acceptors (Lipinski definition) is 3. The highest BCUT2D eigenvalue weighted by Crippen LogP contribution is 2.34. The van der Waals surface area contributed by atoms with E-state index in [0.717, 1.165) is 25.7 Å². The zero-order valence-electron chi connectivity index (χ0n) is 9.92. The molecule has 0 aromatic rings. The van der Waals surface area contributed by atoms with Gasteiger partial charge in [-0.3, -0.25) is 0 Å². The molecule has 0 aromatic heterocycles. The maximum absolute atomic E-state index is 5.40. The fourth-order valence-corrected chi connectivity index (χ4v) is 3.97. The fourth-order valence-electron chi connectivity index (χ4n) is 2.32. The van der Waals surface area contributed by atoms with Gasteiger partial charge < -0.3 is 10.1 Å². The third-order valence-corrected chi connectivity index (χ3v) is 4.86. The van der Waals surface area contributed by atoms with Crippen molar-refractivity contribution in [2.24, 2.45) is 11.3 Å². The fraction of sp³-hybridized carbons (Fsp3) is 1.00. The Bertz CT molecular complexity index is 202. The Kier molecular flexibility index (Phi) is 3.97. The largest absolute Gasteiger partial charge is 0.381 e. The van der Waals surface area contributed by atoms with Crippen LogP contribution in [-0.4, -0.2) is 37.3 Å². The van der Waals surface area contributed by atoms with Gasteiger partial charge >= 0.3 is 0 Å². The maximum atomic E-state index is 5.40. The lowest BCUT2D eigenvalue weighted by atomic mass is 9.82. The summed E-state index contributed by atoms with van der Waals surface area (Å²) in [6.45, 7) is 7.88. The predicted molar refractivity (Wildman–Crippen MR) is 66.4 cm³/mol. The molecule has 0 aromatic carbocycles. The highest BCUT2D eigenvalue weighted by Gasteiger charge is 2.32. The highest BCUT2D eigenvalue weighted by molar-refractivity contribution is 7.99. The van der Waals surface area contributed by atoms with Gasteiger partial charge in [0.05, 0.1) is 6.61 Å². The van der Waals surface area contributed by atoms with Gasteiger partial charge in [0.2, 0.25) is 0 Å². The van der Waals surface area contributed by atoms with Gasteiger partial charge in [-0.25, -0.2) is 0 Å². The van der Waals surface area contributed by atoms with Crippen LogP contribution in [0.25, 0.3) is 0 Å². The van der Waals surface area contributed by atoms with Crippen LogP contribution in [0, 0.1) is 11.3 Å². The van der Waals surface area contributed by atoms with Gasteiger partial charge in [-0.05, 0) is 29.9 Å².